The Balaban J connectivity index is 4.46. The largest absolute Gasteiger partial charge is 0.371 e. The highest BCUT2D eigenvalue weighted by Crippen LogP contribution is 2.47. The van der Waals surface area contributed by atoms with Crippen molar-refractivity contribution in [3.63, 3.8) is 0 Å². The third-order valence-electron chi connectivity index (χ3n) is 2.04. The fourth-order valence-corrected chi connectivity index (χ4v) is 2.79. The number of nitrogens with two attached hydrogens (primary N) is 1. The van der Waals surface area contributed by atoms with Gasteiger partial charge in [0.25, 0.3) is 7.37 Å². The summed E-state index contributed by atoms with van der Waals surface area (Å²) in [7, 11) is -3.59. The molecule has 0 amide bonds. The standard InChI is InChI=1S/C9H21N2O2PS/c1-6(2)5-11-9(15)14(12,13)8(10)7(3)4/h6-8H,5,10H2,1-4H3,(H,11,15)(H,12,13). The summed E-state index contributed by atoms with van der Waals surface area (Å²) in [6, 6.07) is 0. The van der Waals surface area contributed by atoms with Crippen LogP contribution in [0, 0.1) is 11.8 Å². The zero-order chi connectivity index (χ0) is 12.2. The van der Waals surface area contributed by atoms with Crippen LogP contribution in [0.25, 0.3) is 0 Å². The van der Waals surface area contributed by atoms with Crippen molar-refractivity contribution in [2.24, 2.45) is 17.6 Å². The first-order valence-electron chi connectivity index (χ1n) is 5.06. The summed E-state index contributed by atoms with van der Waals surface area (Å²) in [5, 5.41) is 2.80. The molecule has 0 saturated carbocycles. The fraction of sp³-hybridized carbons (Fsp3) is 0.889. The van der Waals surface area contributed by atoms with Gasteiger partial charge in [-0.25, -0.2) is 0 Å². The van der Waals surface area contributed by atoms with Gasteiger partial charge in [0.1, 0.15) is 0 Å². The minimum absolute atomic E-state index is 0.00241. The Labute approximate surface area is 97.1 Å². The topological polar surface area (TPSA) is 75.3 Å². The molecule has 0 aromatic carbocycles. The summed E-state index contributed by atoms with van der Waals surface area (Å²) in [5.41, 5.74) is 5.66. The summed E-state index contributed by atoms with van der Waals surface area (Å²) < 4.78 is 11.9. The summed E-state index contributed by atoms with van der Waals surface area (Å²) in [6.45, 7) is 8.20. The van der Waals surface area contributed by atoms with Gasteiger partial charge in [0.2, 0.25) is 0 Å². The second kappa shape index (κ2) is 5.94. The second-order valence-corrected chi connectivity index (χ2v) is 7.44. The Bertz CT molecular complexity index is 269. The molecule has 0 radical (unpaired) electrons. The summed E-state index contributed by atoms with van der Waals surface area (Å²) >= 11 is 4.90. The van der Waals surface area contributed by atoms with Gasteiger partial charge in [0.15, 0.2) is 4.73 Å². The second-order valence-electron chi connectivity index (χ2n) is 4.44. The van der Waals surface area contributed by atoms with Crippen molar-refractivity contribution in [3.8, 4) is 0 Å². The van der Waals surface area contributed by atoms with Gasteiger partial charge in [-0.1, -0.05) is 39.9 Å². The smallest absolute Gasteiger partial charge is 0.272 e. The highest BCUT2D eigenvalue weighted by molar-refractivity contribution is 7.99. The Morgan fingerprint density at radius 1 is 1.47 bits per heavy atom. The lowest BCUT2D eigenvalue weighted by molar-refractivity contribution is 0.453. The van der Waals surface area contributed by atoms with Crippen LogP contribution in [-0.4, -0.2) is 22.0 Å². The van der Waals surface area contributed by atoms with Gasteiger partial charge in [0.05, 0.1) is 5.78 Å². The Morgan fingerprint density at radius 3 is 2.27 bits per heavy atom. The molecule has 0 fully saturated rings. The molecule has 6 heteroatoms. The first-order chi connectivity index (χ1) is 6.69. The number of nitrogens with one attached hydrogen (secondary N) is 1. The average molecular weight is 252 g/mol. The monoisotopic (exact) mass is 252 g/mol. The van der Waals surface area contributed by atoms with Crippen LogP contribution in [-0.2, 0) is 4.57 Å². The van der Waals surface area contributed by atoms with Gasteiger partial charge in [0, 0.05) is 6.54 Å². The molecule has 0 aromatic heterocycles. The van der Waals surface area contributed by atoms with Gasteiger partial charge in [-0.2, -0.15) is 0 Å². The van der Waals surface area contributed by atoms with E-state index in [1.807, 2.05) is 13.8 Å². The van der Waals surface area contributed by atoms with E-state index in [9.17, 15) is 9.46 Å². The van der Waals surface area contributed by atoms with E-state index in [-0.39, 0.29) is 10.6 Å². The normalized spacial score (nSPS) is 17.6. The maximum absolute atomic E-state index is 11.9. The molecule has 90 valence electrons. The number of rotatable bonds is 5. The molecule has 0 aromatic rings. The van der Waals surface area contributed by atoms with Crippen LogP contribution in [0.15, 0.2) is 0 Å². The zero-order valence-electron chi connectivity index (χ0n) is 9.73. The van der Waals surface area contributed by atoms with E-state index in [0.29, 0.717) is 12.5 Å². The summed E-state index contributed by atoms with van der Waals surface area (Å²) in [5.74, 6) is -0.484. The van der Waals surface area contributed by atoms with Gasteiger partial charge in [-0.15, -0.1) is 0 Å². The van der Waals surface area contributed by atoms with Crippen molar-refractivity contribution < 1.29 is 9.46 Å². The molecular formula is C9H21N2O2PS. The van der Waals surface area contributed by atoms with Crippen molar-refractivity contribution in [2.75, 3.05) is 6.54 Å². The molecule has 0 aliphatic carbocycles. The van der Waals surface area contributed by atoms with E-state index in [4.69, 9.17) is 18.0 Å². The quantitative estimate of drug-likeness (QED) is 0.513. The van der Waals surface area contributed by atoms with Gasteiger partial charge in [-0.3, -0.25) is 4.57 Å². The molecule has 0 saturated heterocycles. The van der Waals surface area contributed by atoms with Gasteiger partial charge < -0.3 is 15.9 Å². The maximum Gasteiger partial charge on any atom is 0.272 e. The van der Waals surface area contributed by atoms with Crippen LogP contribution < -0.4 is 11.1 Å². The fourth-order valence-electron chi connectivity index (χ4n) is 0.944. The van der Waals surface area contributed by atoms with Crippen LogP contribution in [0.1, 0.15) is 27.7 Å². The molecular weight excluding hydrogens is 231 g/mol. The first-order valence-corrected chi connectivity index (χ1v) is 7.19. The minimum Gasteiger partial charge on any atom is -0.371 e. The zero-order valence-corrected chi connectivity index (χ0v) is 11.4. The van der Waals surface area contributed by atoms with Crippen LogP contribution >= 0.6 is 19.6 Å². The minimum atomic E-state index is -3.59. The number of thiocarbonyl (C=S) groups is 1. The third-order valence-corrected chi connectivity index (χ3v) is 5.11. The Morgan fingerprint density at radius 2 is 1.93 bits per heavy atom. The molecule has 0 rings (SSSR count). The lowest BCUT2D eigenvalue weighted by Gasteiger charge is -2.23. The van der Waals surface area contributed by atoms with E-state index in [2.05, 4.69) is 5.32 Å². The van der Waals surface area contributed by atoms with E-state index in [0.717, 1.165) is 0 Å². The average Bonchev–Trinajstić information content (AvgIpc) is 2.12. The molecule has 0 aliphatic rings. The van der Waals surface area contributed by atoms with E-state index >= 15 is 0 Å². The van der Waals surface area contributed by atoms with Crippen LogP contribution in [0.2, 0.25) is 0 Å². The molecule has 4 N–H and O–H groups in total. The Hall–Kier alpha value is 0.0400. The number of hydrogen-bond acceptors (Lipinski definition) is 3. The molecule has 0 spiro atoms. The van der Waals surface area contributed by atoms with E-state index in [1.54, 1.807) is 13.8 Å². The van der Waals surface area contributed by atoms with Gasteiger partial charge in [-0.05, 0) is 11.8 Å². The molecule has 0 aliphatic heterocycles. The van der Waals surface area contributed by atoms with Crippen molar-refractivity contribution >= 4 is 24.3 Å². The van der Waals surface area contributed by atoms with Crippen LogP contribution in [0.4, 0.5) is 0 Å². The first kappa shape index (κ1) is 15.0. The lowest BCUT2D eigenvalue weighted by Crippen LogP contribution is -2.35. The van der Waals surface area contributed by atoms with Crippen molar-refractivity contribution in [2.45, 2.75) is 33.5 Å². The van der Waals surface area contributed by atoms with Crippen molar-refractivity contribution in [1.82, 2.24) is 5.32 Å². The highest BCUT2D eigenvalue weighted by atomic mass is 32.1. The SMILES string of the molecule is CC(C)CNC(=S)P(=O)(O)C(N)C(C)C. The molecule has 0 heterocycles. The van der Waals surface area contributed by atoms with Crippen molar-refractivity contribution in [3.05, 3.63) is 0 Å². The third kappa shape index (κ3) is 4.60. The van der Waals surface area contributed by atoms with Crippen LogP contribution in [0.5, 0.6) is 0 Å². The molecule has 2 unspecified atom stereocenters. The van der Waals surface area contributed by atoms with E-state index < -0.39 is 13.2 Å². The van der Waals surface area contributed by atoms with Gasteiger partial charge >= 0.3 is 0 Å². The molecule has 15 heavy (non-hydrogen) atoms. The van der Waals surface area contributed by atoms with Crippen molar-refractivity contribution in [1.29, 1.82) is 0 Å². The molecule has 4 nitrogen and oxygen atoms in total. The predicted octanol–water partition coefficient (Wildman–Crippen LogP) is 1.73. The number of hydrogen-bond donors (Lipinski definition) is 3. The lowest BCUT2D eigenvalue weighted by atomic mass is 10.2. The molecule has 0 bridgehead atoms. The van der Waals surface area contributed by atoms with E-state index in [1.165, 1.54) is 0 Å². The molecule has 2 atom stereocenters. The predicted molar refractivity (Wildman–Crippen MR) is 68.1 cm³/mol. The Kier molecular flexibility index (Phi) is 5.96. The summed E-state index contributed by atoms with van der Waals surface area (Å²) in [6.07, 6.45) is 0. The maximum atomic E-state index is 11.9. The van der Waals surface area contributed by atoms with Crippen LogP contribution in [0.3, 0.4) is 0 Å². The highest BCUT2D eigenvalue weighted by Gasteiger charge is 2.34. The summed E-state index contributed by atoms with van der Waals surface area (Å²) in [4.78, 5) is 9.76.